The van der Waals surface area contributed by atoms with Gasteiger partial charge >= 0.3 is 18.1 Å². The molecule has 180 valence electrons. The lowest BCUT2D eigenvalue weighted by Gasteiger charge is -2.35. The molecule has 0 radical (unpaired) electrons. The minimum atomic E-state index is -4.73. The summed E-state index contributed by atoms with van der Waals surface area (Å²) < 4.78 is 49.0. The molecule has 2 N–H and O–H groups in total. The van der Waals surface area contributed by atoms with Crippen LogP contribution in [0.25, 0.3) is 11.4 Å². The molecule has 1 saturated heterocycles. The highest BCUT2D eigenvalue weighted by molar-refractivity contribution is 5.92. The second-order valence-corrected chi connectivity index (χ2v) is 7.40. The molecule has 1 fully saturated rings. The van der Waals surface area contributed by atoms with Gasteiger partial charge in [0, 0.05) is 37.6 Å². The van der Waals surface area contributed by atoms with Crippen LogP contribution in [0.5, 0.6) is 0 Å². The Morgan fingerprint density at radius 2 is 1.97 bits per heavy atom. The molecule has 4 rings (SSSR count). The van der Waals surface area contributed by atoms with E-state index in [-0.39, 0.29) is 24.9 Å². The number of anilines is 1. The Labute approximate surface area is 190 Å². The van der Waals surface area contributed by atoms with Crippen LogP contribution in [-0.2, 0) is 18.0 Å². The number of hydrogen-bond acceptors (Lipinski definition) is 7. The number of hydrogen-bond donors (Lipinski definition) is 2. The van der Waals surface area contributed by atoms with Gasteiger partial charge in [0.1, 0.15) is 5.69 Å². The zero-order valence-corrected chi connectivity index (χ0v) is 17.9. The molecule has 11 nitrogen and oxygen atoms in total. The maximum Gasteiger partial charge on any atom is 0.471 e. The van der Waals surface area contributed by atoms with Crippen molar-refractivity contribution in [3.05, 3.63) is 48.1 Å². The normalized spacial score (nSPS) is 16.4. The van der Waals surface area contributed by atoms with E-state index in [2.05, 4.69) is 30.4 Å². The van der Waals surface area contributed by atoms with Crippen molar-refractivity contribution in [3.63, 3.8) is 0 Å². The molecule has 34 heavy (non-hydrogen) atoms. The van der Waals surface area contributed by atoms with Gasteiger partial charge in [-0.2, -0.15) is 23.3 Å². The highest BCUT2D eigenvalue weighted by atomic mass is 19.4. The van der Waals surface area contributed by atoms with Crippen LogP contribution >= 0.6 is 0 Å². The molecule has 3 amide bonds. The van der Waals surface area contributed by atoms with Crippen LogP contribution in [0, 0.1) is 0 Å². The van der Waals surface area contributed by atoms with Crippen molar-refractivity contribution < 1.29 is 32.0 Å². The molecule has 0 saturated carbocycles. The van der Waals surface area contributed by atoms with Gasteiger partial charge in [0.2, 0.25) is 5.82 Å². The number of nitrogens with zero attached hydrogens (tertiary/aromatic N) is 5. The van der Waals surface area contributed by atoms with E-state index in [9.17, 15) is 22.8 Å². The van der Waals surface area contributed by atoms with Gasteiger partial charge < -0.3 is 24.8 Å². The minimum absolute atomic E-state index is 0.176. The Morgan fingerprint density at radius 1 is 1.21 bits per heavy atom. The number of rotatable bonds is 5. The molecular formula is C20H20F3N7O4. The van der Waals surface area contributed by atoms with Gasteiger partial charge in [0.05, 0.1) is 19.3 Å². The van der Waals surface area contributed by atoms with Crippen LogP contribution in [0.3, 0.4) is 0 Å². The largest absolute Gasteiger partial charge is 0.471 e. The first-order valence-electron chi connectivity index (χ1n) is 10.2. The summed E-state index contributed by atoms with van der Waals surface area (Å²) >= 11 is 0. The van der Waals surface area contributed by atoms with Gasteiger partial charge in [-0.1, -0.05) is 5.16 Å². The Hall–Kier alpha value is -3.94. The number of aromatic nitrogens is 4. The van der Waals surface area contributed by atoms with Gasteiger partial charge in [0.15, 0.2) is 0 Å². The number of ether oxygens (including phenoxy) is 1. The summed E-state index contributed by atoms with van der Waals surface area (Å²) in [6.45, 7) is 1.09. The summed E-state index contributed by atoms with van der Waals surface area (Å²) in [5, 5.41) is 12.8. The predicted octanol–water partition coefficient (Wildman–Crippen LogP) is 2.15. The Bertz CT molecular complexity index is 1160. The van der Waals surface area contributed by atoms with E-state index >= 15 is 0 Å². The van der Waals surface area contributed by atoms with E-state index in [1.807, 2.05) is 0 Å². The summed E-state index contributed by atoms with van der Waals surface area (Å²) in [6, 6.07) is 6.73. The molecule has 2 aromatic heterocycles. The van der Waals surface area contributed by atoms with Crippen molar-refractivity contribution in [1.82, 2.24) is 30.1 Å². The Morgan fingerprint density at radius 3 is 2.62 bits per heavy atom. The second-order valence-electron chi connectivity index (χ2n) is 7.40. The number of aryl methyl sites for hydroxylation is 1. The van der Waals surface area contributed by atoms with Crippen molar-refractivity contribution in [1.29, 1.82) is 0 Å². The van der Waals surface area contributed by atoms with Gasteiger partial charge in [-0.15, -0.1) is 0 Å². The van der Waals surface area contributed by atoms with E-state index in [0.717, 1.165) is 0 Å². The van der Waals surface area contributed by atoms with Crippen LogP contribution in [0.2, 0.25) is 0 Å². The minimum Gasteiger partial charge on any atom is -0.377 e. The maximum absolute atomic E-state index is 12.8. The first-order chi connectivity index (χ1) is 16.2. The molecule has 3 aromatic rings. The zero-order chi connectivity index (χ0) is 24.3. The summed E-state index contributed by atoms with van der Waals surface area (Å²) in [5.74, 6) is -1.98. The number of alkyl halides is 3. The summed E-state index contributed by atoms with van der Waals surface area (Å²) in [6.07, 6.45) is -3.22. The van der Waals surface area contributed by atoms with E-state index in [0.29, 0.717) is 30.1 Å². The molecule has 1 aromatic carbocycles. The number of carbonyl (C=O) groups excluding carboxylic acids is 2. The number of halogens is 3. The summed E-state index contributed by atoms with van der Waals surface area (Å²) in [5.41, 5.74) is 1.09. The number of carbonyl (C=O) groups is 2. The molecule has 0 spiro atoms. The van der Waals surface area contributed by atoms with Crippen molar-refractivity contribution in [2.75, 3.05) is 31.6 Å². The lowest BCUT2D eigenvalue weighted by atomic mass is 10.2. The van der Waals surface area contributed by atoms with Crippen molar-refractivity contribution >= 4 is 17.6 Å². The fraction of sp³-hybridized carbons (Fsp3) is 0.350. The highest BCUT2D eigenvalue weighted by Crippen LogP contribution is 2.29. The highest BCUT2D eigenvalue weighted by Gasteiger charge is 2.38. The first-order valence-corrected chi connectivity index (χ1v) is 10.2. The number of benzene rings is 1. The molecule has 14 heteroatoms. The van der Waals surface area contributed by atoms with Crippen LogP contribution in [0.15, 0.2) is 41.1 Å². The van der Waals surface area contributed by atoms with Crippen LogP contribution < -0.4 is 10.6 Å². The van der Waals surface area contributed by atoms with Crippen LogP contribution in [0.4, 0.5) is 23.7 Å². The zero-order valence-electron chi connectivity index (χ0n) is 17.9. The third kappa shape index (κ3) is 5.17. The van der Waals surface area contributed by atoms with Gasteiger partial charge in [0.25, 0.3) is 5.91 Å². The molecule has 0 unspecified atom stereocenters. The smallest absolute Gasteiger partial charge is 0.377 e. The predicted molar refractivity (Wildman–Crippen MR) is 111 cm³/mol. The third-order valence-electron chi connectivity index (χ3n) is 5.10. The van der Waals surface area contributed by atoms with Gasteiger partial charge in [-0.05, 0) is 30.3 Å². The van der Waals surface area contributed by atoms with Crippen molar-refractivity contribution in [3.8, 4) is 11.4 Å². The van der Waals surface area contributed by atoms with Crippen molar-refractivity contribution in [2.24, 2.45) is 7.05 Å². The lowest BCUT2D eigenvalue weighted by molar-refractivity contribution is -0.159. The molecule has 0 bridgehead atoms. The molecule has 1 aliphatic rings. The van der Waals surface area contributed by atoms with E-state index in [4.69, 9.17) is 4.74 Å². The maximum atomic E-state index is 12.8. The van der Waals surface area contributed by atoms with Crippen LogP contribution in [0.1, 0.15) is 16.4 Å². The Kier molecular flexibility index (Phi) is 6.49. The number of nitrogens with one attached hydrogen (secondary N) is 2. The van der Waals surface area contributed by atoms with E-state index in [1.54, 1.807) is 18.0 Å². The van der Waals surface area contributed by atoms with E-state index in [1.165, 1.54) is 35.1 Å². The summed E-state index contributed by atoms with van der Waals surface area (Å²) in [7, 11) is 1.65. The molecule has 3 heterocycles. The van der Waals surface area contributed by atoms with E-state index < -0.39 is 24.1 Å². The topological polar surface area (TPSA) is 127 Å². The standard InChI is InChI=1S/C20H20F3N7O4/c1-29-15(6-7-25-29)17(31)24-10-14-11-33-9-8-30(14)19(32)26-13-4-2-12(3-5-13)16-27-18(34-28-16)20(21,22)23/h2-7,14H,8-11H2,1H3,(H,24,31)(H,26,32)/t14-/m1/s1. The number of morpholine rings is 1. The molecule has 1 aliphatic heterocycles. The fourth-order valence-corrected chi connectivity index (χ4v) is 3.34. The van der Waals surface area contributed by atoms with Gasteiger partial charge in [-0.25, -0.2) is 4.79 Å². The molecule has 0 aliphatic carbocycles. The molecule has 1 atom stereocenters. The molecular weight excluding hydrogens is 459 g/mol. The van der Waals surface area contributed by atoms with Gasteiger partial charge in [-0.3, -0.25) is 9.48 Å². The lowest BCUT2D eigenvalue weighted by Crippen LogP contribution is -2.54. The number of urea groups is 1. The second kappa shape index (κ2) is 9.51. The average Bonchev–Trinajstić information content (AvgIpc) is 3.48. The first kappa shape index (κ1) is 23.2. The quantitative estimate of drug-likeness (QED) is 0.574. The summed E-state index contributed by atoms with van der Waals surface area (Å²) in [4.78, 5) is 30.1. The average molecular weight is 479 g/mol. The SMILES string of the molecule is Cn1nccc1C(=O)NC[C@@H]1COCCN1C(=O)Nc1ccc(-c2noc(C(F)(F)F)n2)cc1. The monoisotopic (exact) mass is 479 g/mol. The fourth-order valence-electron chi connectivity index (χ4n) is 3.34. The third-order valence-corrected chi connectivity index (χ3v) is 5.10. The Balaban J connectivity index is 1.37. The van der Waals surface area contributed by atoms with Crippen molar-refractivity contribution in [2.45, 2.75) is 12.2 Å². The van der Waals surface area contributed by atoms with Crippen LogP contribution in [-0.4, -0.2) is 69.1 Å². The number of amides is 3.